The van der Waals surface area contributed by atoms with E-state index in [1.165, 1.54) is 18.3 Å². The van der Waals surface area contributed by atoms with E-state index in [2.05, 4.69) is 15.0 Å². The molecule has 2 atom stereocenters. The standard InChI is InChI=1S/C14H23N3O3S/c1-2-8-15-14-10-11(7-9-16-14)21(19,20)17-12-5-3-4-6-13(12)18/h7,9-10,12-13,17-18H,2-6,8H2,1H3,(H,15,16). The van der Waals surface area contributed by atoms with E-state index in [1.54, 1.807) is 0 Å². The van der Waals surface area contributed by atoms with Gasteiger partial charge in [-0.3, -0.25) is 0 Å². The van der Waals surface area contributed by atoms with Gasteiger partial charge >= 0.3 is 0 Å². The van der Waals surface area contributed by atoms with Gasteiger partial charge in [0, 0.05) is 24.8 Å². The summed E-state index contributed by atoms with van der Waals surface area (Å²) < 4.78 is 27.4. The van der Waals surface area contributed by atoms with Gasteiger partial charge in [-0.05, 0) is 25.3 Å². The predicted octanol–water partition coefficient (Wildman–Crippen LogP) is 1.49. The van der Waals surface area contributed by atoms with Gasteiger partial charge in [-0.2, -0.15) is 0 Å². The van der Waals surface area contributed by atoms with E-state index in [0.717, 1.165) is 25.8 Å². The normalized spacial score (nSPS) is 23.0. The molecule has 0 saturated heterocycles. The van der Waals surface area contributed by atoms with Crippen molar-refractivity contribution < 1.29 is 13.5 Å². The molecular formula is C14H23N3O3S. The Hall–Kier alpha value is -1.18. The minimum absolute atomic E-state index is 0.175. The average Bonchev–Trinajstić information content (AvgIpc) is 2.48. The molecule has 1 aromatic heterocycles. The molecule has 0 radical (unpaired) electrons. The van der Waals surface area contributed by atoms with E-state index >= 15 is 0 Å². The number of rotatable bonds is 6. The average molecular weight is 313 g/mol. The molecule has 1 aliphatic rings. The lowest BCUT2D eigenvalue weighted by Gasteiger charge is -2.28. The van der Waals surface area contributed by atoms with Crippen molar-refractivity contribution in [1.29, 1.82) is 0 Å². The zero-order chi connectivity index (χ0) is 15.3. The van der Waals surface area contributed by atoms with Gasteiger partial charge in [-0.15, -0.1) is 0 Å². The van der Waals surface area contributed by atoms with Gasteiger partial charge in [-0.1, -0.05) is 19.8 Å². The fraction of sp³-hybridized carbons (Fsp3) is 0.643. The number of nitrogens with zero attached hydrogens (tertiary/aromatic N) is 1. The second-order valence-corrected chi connectivity index (χ2v) is 7.10. The summed E-state index contributed by atoms with van der Waals surface area (Å²) in [6, 6.07) is 2.59. The van der Waals surface area contributed by atoms with E-state index in [-0.39, 0.29) is 4.90 Å². The van der Waals surface area contributed by atoms with Crippen LogP contribution < -0.4 is 10.0 Å². The van der Waals surface area contributed by atoms with Crippen molar-refractivity contribution in [3.63, 3.8) is 0 Å². The Morgan fingerprint density at radius 3 is 2.86 bits per heavy atom. The third kappa shape index (κ3) is 4.39. The Morgan fingerprint density at radius 1 is 1.38 bits per heavy atom. The molecule has 118 valence electrons. The third-order valence-electron chi connectivity index (χ3n) is 3.63. The predicted molar refractivity (Wildman–Crippen MR) is 81.6 cm³/mol. The summed E-state index contributed by atoms with van der Waals surface area (Å²) in [5, 5.41) is 13.0. The second kappa shape index (κ2) is 7.20. The summed E-state index contributed by atoms with van der Waals surface area (Å²) in [6.07, 6.45) is 5.01. The molecular weight excluding hydrogens is 290 g/mol. The molecule has 1 aromatic rings. The molecule has 1 fully saturated rings. The molecule has 0 bridgehead atoms. The topological polar surface area (TPSA) is 91.3 Å². The van der Waals surface area contributed by atoms with Crippen LogP contribution in [0.3, 0.4) is 0 Å². The van der Waals surface area contributed by atoms with Gasteiger partial charge in [0.2, 0.25) is 10.0 Å². The Morgan fingerprint density at radius 2 is 2.14 bits per heavy atom. The SMILES string of the molecule is CCCNc1cc(S(=O)(=O)NC2CCCCC2O)ccn1. The lowest BCUT2D eigenvalue weighted by molar-refractivity contribution is 0.101. The minimum atomic E-state index is -3.63. The fourth-order valence-electron chi connectivity index (χ4n) is 2.44. The van der Waals surface area contributed by atoms with E-state index in [4.69, 9.17) is 0 Å². The maximum absolute atomic E-state index is 12.4. The van der Waals surface area contributed by atoms with Crippen LogP contribution in [0.25, 0.3) is 0 Å². The van der Waals surface area contributed by atoms with Crippen LogP contribution >= 0.6 is 0 Å². The van der Waals surface area contributed by atoms with Gasteiger partial charge in [0.1, 0.15) is 5.82 Å². The van der Waals surface area contributed by atoms with E-state index in [0.29, 0.717) is 18.7 Å². The van der Waals surface area contributed by atoms with Crippen molar-refractivity contribution in [2.45, 2.75) is 56.1 Å². The smallest absolute Gasteiger partial charge is 0.241 e. The first-order chi connectivity index (χ1) is 10.0. The molecule has 0 aliphatic heterocycles. The number of hydrogen-bond acceptors (Lipinski definition) is 5. The Labute approximate surface area is 126 Å². The van der Waals surface area contributed by atoms with Crippen LogP contribution in [0, 0.1) is 0 Å². The molecule has 3 N–H and O–H groups in total. The Bertz CT molecular complexity index is 562. The highest BCUT2D eigenvalue weighted by molar-refractivity contribution is 7.89. The van der Waals surface area contributed by atoms with Crippen molar-refractivity contribution in [1.82, 2.24) is 9.71 Å². The second-order valence-electron chi connectivity index (χ2n) is 5.38. The van der Waals surface area contributed by atoms with Gasteiger partial charge in [-0.25, -0.2) is 18.1 Å². The summed E-state index contributed by atoms with van der Waals surface area (Å²) in [5.41, 5.74) is 0. The zero-order valence-corrected chi connectivity index (χ0v) is 13.1. The molecule has 2 unspecified atom stereocenters. The van der Waals surface area contributed by atoms with Crippen LogP contribution in [-0.2, 0) is 10.0 Å². The summed E-state index contributed by atoms with van der Waals surface area (Å²) in [4.78, 5) is 4.27. The van der Waals surface area contributed by atoms with Crippen LogP contribution in [0.5, 0.6) is 0 Å². The van der Waals surface area contributed by atoms with Crippen molar-refractivity contribution in [2.24, 2.45) is 0 Å². The number of aliphatic hydroxyl groups is 1. The van der Waals surface area contributed by atoms with E-state index in [1.807, 2.05) is 6.92 Å². The first-order valence-electron chi connectivity index (χ1n) is 7.43. The minimum Gasteiger partial charge on any atom is -0.391 e. The molecule has 6 nitrogen and oxygen atoms in total. The Balaban J connectivity index is 2.11. The summed E-state index contributed by atoms with van der Waals surface area (Å²) in [5.74, 6) is 0.545. The van der Waals surface area contributed by atoms with E-state index < -0.39 is 22.2 Å². The van der Waals surface area contributed by atoms with Crippen LogP contribution in [0.1, 0.15) is 39.0 Å². The highest BCUT2D eigenvalue weighted by atomic mass is 32.2. The number of aliphatic hydroxyl groups excluding tert-OH is 1. The van der Waals surface area contributed by atoms with Crippen LogP contribution in [0.15, 0.2) is 23.2 Å². The third-order valence-corrected chi connectivity index (χ3v) is 5.12. The molecule has 0 amide bonds. The maximum atomic E-state index is 12.4. The highest BCUT2D eigenvalue weighted by Gasteiger charge is 2.28. The van der Waals surface area contributed by atoms with Crippen molar-refractivity contribution in [3.8, 4) is 0 Å². The zero-order valence-electron chi connectivity index (χ0n) is 12.2. The highest BCUT2D eigenvalue weighted by Crippen LogP contribution is 2.21. The summed E-state index contributed by atoms with van der Waals surface area (Å²) in [7, 11) is -3.63. The fourth-order valence-corrected chi connectivity index (χ4v) is 3.76. The number of anilines is 1. The first-order valence-corrected chi connectivity index (χ1v) is 8.91. The van der Waals surface area contributed by atoms with Gasteiger partial charge in [0.05, 0.1) is 11.0 Å². The van der Waals surface area contributed by atoms with Crippen molar-refractivity contribution >= 4 is 15.8 Å². The Kier molecular flexibility index (Phi) is 5.55. The van der Waals surface area contributed by atoms with Gasteiger partial charge in [0.25, 0.3) is 0 Å². The number of nitrogens with one attached hydrogen (secondary N) is 2. The van der Waals surface area contributed by atoms with Gasteiger partial charge in [0.15, 0.2) is 0 Å². The van der Waals surface area contributed by atoms with Crippen LogP contribution in [0.4, 0.5) is 5.82 Å². The quantitative estimate of drug-likeness (QED) is 0.740. The molecule has 1 heterocycles. The monoisotopic (exact) mass is 313 g/mol. The van der Waals surface area contributed by atoms with Crippen molar-refractivity contribution in [2.75, 3.05) is 11.9 Å². The molecule has 1 aliphatic carbocycles. The number of sulfonamides is 1. The summed E-state index contributed by atoms with van der Waals surface area (Å²) >= 11 is 0. The molecule has 0 aromatic carbocycles. The first kappa shape index (κ1) is 16.2. The summed E-state index contributed by atoms with van der Waals surface area (Å²) in [6.45, 7) is 2.77. The number of aromatic nitrogens is 1. The molecule has 7 heteroatoms. The van der Waals surface area contributed by atoms with Gasteiger partial charge < -0.3 is 10.4 Å². The largest absolute Gasteiger partial charge is 0.391 e. The van der Waals surface area contributed by atoms with Crippen LogP contribution in [0.2, 0.25) is 0 Å². The van der Waals surface area contributed by atoms with Crippen molar-refractivity contribution in [3.05, 3.63) is 18.3 Å². The molecule has 1 saturated carbocycles. The number of hydrogen-bond donors (Lipinski definition) is 3. The molecule has 21 heavy (non-hydrogen) atoms. The lowest BCUT2D eigenvalue weighted by atomic mass is 9.93. The molecule has 2 rings (SSSR count). The lowest BCUT2D eigenvalue weighted by Crippen LogP contribution is -2.44. The van der Waals surface area contributed by atoms with Crippen LogP contribution in [-0.4, -0.2) is 37.2 Å². The number of pyridine rings is 1. The molecule has 0 spiro atoms. The van der Waals surface area contributed by atoms with E-state index in [9.17, 15) is 13.5 Å². The maximum Gasteiger partial charge on any atom is 0.241 e.